The lowest BCUT2D eigenvalue weighted by atomic mass is 10.7. The van der Waals surface area contributed by atoms with E-state index in [1.807, 2.05) is 6.92 Å². The number of ether oxygens (including phenoxy) is 1. The summed E-state index contributed by atoms with van der Waals surface area (Å²) in [6.45, 7) is 3.44. The molecule has 4 nitrogen and oxygen atoms in total. The van der Waals surface area contributed by atoms with Crippen LogP contribution in [0.15, 0.2) is 17.4 Å². The van der Waals surface area contributed by atoms with Crippen molar-refractivity contribution < 1.29 is 4.74 Å². The molecule has 0 unspecified atom stereocenters. The zero-order chi connectivity index (χ0) is 9.52. The van der Waals surface area contributed by atoms with Crippen molar-refractivity contribution in [2.75, 3.05) is 24.7 Å². The largest absolute Gasteiger partial charge is 0.381 e. The van der Waals surface area contributed by atoms with Crippen LogP contribution in [0.2, 0.25) is 0 Å². The molecule has 1 aromatic rings. The van der Waals surface area contributed by atoms with E-state index < -0.39 is 0 Å². The van der Waals surface area contributed by atoms with Crippen LogP contribution in [0, 0.1) is 0 Å². The summed E-state index contributed by atoms with van der Waals surface area (Å²) in [4.78, 5) is 8.03. The molecule has 2 N–H and O–H groups in total. The lowest BCUT2D eigenvalue weighted by Gasteiger charge is -2.02. The smallest absolute Gasteiger partial charge is 0.156 e. The zero-order valence-corrected chi connectivity index (χ0v) is 8.38. The summed E-state index contributed by atoms with van der Waals surface area (Å²) in [6, 6.07) is 0. The first-order valence-electron chi connectivity index (χ1n) is 4.11. The summed E-state index contributed by atoms with van der Waals surface area (Å²) in [5.74, 6) is 1.35. The highest BCUT2D eigenvalue weighted by molar-refractivity contribution is 7.99. The summed E-state index contributed by atoms with van der Waals surface area (Å²) in [7, 11) is 0. The number of anilines is 1. The minimum atomic E-state index is 0.490. The number of nitrogens with two attached hydrogens (primary N) is 1. The van der Waals surface area contributed by atoms with Crippen molar-refractivity contribution in [1.29, 1.82) is 0 Å². The van der Waals surface area contributed by atoms with Crippen molar-refractivity contribution in [3.63, 3.8) is 0 Å². The number of aromatic nitrogens is 2. The van der Waals surface area contributed by atoms with Gasteiger partial charge in [0, 0.05) is 24.8 Å². The molecule has 1 aromatic heterocycles. The quantitative estimate of drug-likeness (QED) is 0.570. The third-order valence-corrected chi connectivity index (χ3v) is 2.32. The molecule has 5 heteroatoms. The molecule has 0 atom stereocenters. The molecule has 0 bridgehead atoms. The first-order valence-corrected chi connectivity index (χ1v) is 5.10. The Labute approximate surface area is 81.9 Å². The molecule has 0 aliphatic heterocycles. The van der Waals surface area contributed by atoms with Crippen LogP contribution in [0.25, 0.3) is 0 Å². The van der Waals surface area contributed by atoms with Crippen molar-refractivity contribution in [2.45, 2.75) is 11.9 Å². The number of rotatable bonds is 5. The van der Waals surface area contributed by atoms with Gasteiger partial charge in [-0.15, -0.1) is 11.8 Å². The molecule has 0 aliphatic carbocycles. The number of hydrogen-bond donors (Lipinski definition) is 1. The number of hydrogen-bond acceptors (Lipinski definition) is 5. The van der Waals surface area contributed by atoms with Crippen molar-refractivity contribution >= 4 is 17.6 Å². The topological polar surface area (TPSA) is 61.0 Å². The molecular formula is C8H13N3OS. The van der Waals surface area contributed by atoms with Crippen LogP contribution < -0.4 is 5.73 Å². The Balaban J connectivity index is 2.32. The average Bonchev–Trinajstić information content (AvgIpc) is 2.15. The fourth-order valence-electron chi connectivity index (χ4n) is 0.789. The van der Waals surface area contributed by atoms with Crippen LogP contribution in [-0.2, 0) is 4.74 Å². The Morgan fingerprint density at radius 3 is 2.92 bits per heavy atom. The van der Waals surface area contributed by atoms with Gasteiger partial charge in [0.1, 0.15) is 5.03 Å². The summed E-state index contributed by atoms with van der Waals surface area (Å²) in [5.41, 5.74) is 5.60. The Morgan fingerprint density at radius 2 is 2.23 bits per heavy atom. The minimum Gasteiger partial charge on any atom is -0.381 e. The lowest BCUT2D eigenvalue weighted by Crippen LogP contribution is -1.99. The molecule has 1 heterocycles. The zero-order valence-electron chi connectivity index (χ0n) is 7.56. The van der Waals surface area contributed by atoms with Gasteiger partial charge in [0.15, 0.2) is 5.82 Å². The summed E-state index contributed by atoms with van der Waals surface area (Å²) >= 11 is 1.56. The van der Waals surface area contributed by atoms with E-state index in [9.17, 15) is 0 Å². The minimum absolute atomic E-state index is 0.490. The van der Waals surface area contributed by atoms with Crippen LogP contribution in [0.4, 0.5) is 5.82 Å². The molecule has 0 aromatic carbocycles. The molecule has 72 valence electrons. The van der Waals surface area contributed by atoms with Crippen LogP contribution in [-0.4, -0.2) is 28.9 Å². The van der Waals surface area contributed by atoms with Gasteiger partial charge in [0.25, 0.3) is 0 Å². The maximum Gasteiger partial charge on any atom is 0.156 e. The van der Waals surface area contributed by atoms with Crippen LogP contribution in [0.3, 0.4) is 0 Å². The number of nitrogen functional groups attached to an aromatic ring is 1. The van der Waals surface area contributed by atoms with E-state index in [-0.39, 0.29) is 0 Å². The normalized spacial score (nSPS) is 10.2. The first-order chi connectivity index (χ1) is 6.34. The van der Waals surface area contributed by atoms with Gasteiger partial charge in [-0.3, -0.25) is 0 Å². The fourth-order valence-corrected chi connectivity index (χ4v) is 1.52. The molecule has 0 spiro atoms. The second kappa shape index (κ2) is 5.77. The van der Waals surface area contributed by atoms with Gasteiger partial charge in [0.2, 0.25) is 0 Å². The van der Waals surface area contributed by atoms with Crippen LogP contribution >= 0.6 is 11.8 Å². The summed E-state index contributed by atoms with van der Waals surface area (Å²) < 4.78 is 5.19. The number of nitrogens with zero attached hydrogens (tertiary/aromatic N) is 2. The van der Waals surface area contributed by atoms with Crippen LogP contribution in [0.5, 0.6) is 0 Å². The molecule has 0 aliphatic rings. The van der Waals surface area contributed by atoms with E-state index >= 15 is 0 Å². The predicted octanol–water partition coefficient (Wildman–Crippen LogP) is 1.19. The SMILES string of the molecule is CCOCCSc1nccnc1N. The fraction of sp³-hybridized carbons (Fsp3) is 0.500. The Bertz CT molecular complexity index is 257. The molecule has 0 saturated carbocycles. The lowest BCUT2D eigenvalue weighted by molar-refractivity contribution is 0.164. The van der Waals surface area contributed by atoms with E-state index in [1.165, 1.54) is 0 Å². The molecule has 0 fully saturated rings. The van der Waals surface area contributed by atoms with E-state index in [4.69, 9.17) is 10.5 Å². The molecule has 0 amide bonds. The Hall–Kier alpha value is -0.810. The van der Waals surface area contributed by atoms with Gasteiger partial charge in [-0.1, -0.05) is 0 Å². The molecular weight excluding hydrogens is 186 g/mol. The van der Waals surface area contributed by atoms with E-state index in [1.54, 1.807) is 24.2 Å². The van der Waals surface area contributed by atoms with Crippen molar-refractivity contribution in [3.8, 4) is 0 Å². The predicted molar refractivity (Wildman–Crippen MR) is 53.7 cm³/mol. The second-order valence-electron chi connectivity index (χ2n) is 2.29. The number of thioether (sulfide) groups is 1. The van der Waals surface area contributed by atoms with Crippen molar-refractivity contribution in [1.82, 2.24) is 9.97 Å². The summed E-state index contributed by atoms with van der Waals surface area (Å²) in [5, 5.41) is 0.780. The van der Waals surface area contributed by atoms with Gasteiger partial charge < -0.3 is 10.5 Å². The standard InChI is InChI=1S/C8H13N3OS/c1-2-12-5-6-13-8-7(9)10-3-4-11-8/h3-4H,2,5-6H2,1H3,(H2,9,10). The molecule has 0 saturated heterocycles. The summed E-state index contributed by atoms with van der Waals surface area (Å²) in [6.07, 6.45) is 3.22. The molecule has 0 radical (unpaired) electrons. The van der Waals surface area contributed by atoms with Gasteiger partial charge in [0.05, 0.1) is 6.61 Å². The molecule has 13 heavy (non-hydrogen) atoms. The highest BCUT2D eigenvalue weighted by atomic mass is 32.2. The third kappa shape index (κ3) is 3.61. The van der Waals surface area contributed by atoms with Crippen LogP contribution in [0.1, 0.15) is 6.92 Å². The van der Waals surface area contributed by atoms with E-state index in [0.29, 0.717) is 5.82 Å². The maximum absolute atomic E-state index is 5.60. The second-order valence-corrected chi connectivity index (χ2v) is 3.38. The monoisotopic (exact) mass is 199 g/mol. The third-order valence-electron chi connectivity index (χ3n) is 1.36. The Kier molecular flexibility index (Phi) is 4.56. The van der Waals surface area contributed by atoms with Gasteiger partial charge >= 0.3 is 0 Å². The van der Waals surface area contributed by atoms with Crippen molar-refractivity contribution in [3.05, 3.63) is 12.4 Å². The first kappa shape index (κ1) is 10.3. The maximum atomic E-state index is 5.60. The average molecular weight is 199 g/mol. The van der Waals surface area contributed by atoms with Gasteiger partial charge in [-0.05, 0) is 6.92 Å². The Morgan fingerprint density at radius 1 is 1.46 bits per heavy atom. The van der Waals surface area contributed by atoms with Gasteiger partial charge in [-0.2, -0.15) is 0 Å². The highest BCUT2D eigenvalue weighted by Gasteiger charge is 2.00. The van der Waals surface area contributed by atoms with E-state index in [2.05, 4.69) is 9.97 Å². The van der Waals surface area contributed by atoms with Gasteiger partial charge in [-0.25, -0.2) is 9.97 Å². The van der Waals surface area contributed by atoms with Crippen molar-refractivity contribution in [2.24, 2.45) is 0 Å². The van der Waals surface area contributed by atoms with E-state index in [0.717, 1.165) is 24.0 Å². The highest BCUT2D eigenvalue weighted by Crippen LogP contribution is 2.18. The molecule has 1 rings (SSSR count).